The van der Waals surface area contributed by atoms with Gasteiger partial charge in [0.25, 0.3) is 5.69 Å². The summed E-state index contributed by atoms with van der Waals surface area (Å²) in [6.45, 7) is 9.57. The molecule has 1 N–H and O–H groups in total. The van der Waals surface area contributed by atoms with Crippen molar-refractivity contribution in [2.24, 2.45) is 0 Å². The van der Waals surface area contributed by atoms with Crippen LogP contribution in [0, 0.1) is 17.0 Å². The first kappa shape index (κ1) is 18.1. The molecule has 6 nitrogen and oxygen atoms in total. The van der Waals surface area contributed by atoms with Crippen LogP contribution < -0.4 is 5.32 Å². The van der Waals surface area contributed by atoms with Gasteiger partial charge in [-0.15, -0.1) is 12.4 Å². The van der Waals surface area contributed by atoms with E-state index < -0.39 is 0 Å². The fraction of sp³-hybridized carbons (Fsp3) is 0.625. The SMILES string of the molecule is Cc1cc([N+](=O)[O-])ccc1CN1CCC(N2CCNCC2)C1.Cl. The summed E-state index contributed by atoms with van der Waals surface area (Å²) in [6, 6.07) is 5.87. The minimum Gasteiger partial charge on any atom is -0.314 e. The highest BCUT2D eigenvalue weighted by Crippen LogP contribution is 2.22. The number of halogens is 1. The van der Waals surface area contributed by atoms with Crippen molar-refractivity contribution in [2.45, 2.75) is 25.9 Å². The first-order chi connectivity index (χ1) is 10.6. The summed E-state index contributed by atoms with van der Waals surface area (Å²) >= 11 is 0. The molecule has 128 valence electrons. The van der Waals surface area contributed by atoms with Crippen LogP contribution in [-0.4, -0.2) is 60.0 Å². The topological polar surface area (TPSA) is 61.7 Å². The quantitative estimate of drug-likeness (QED) is 0.669. The monoisotopic (exact) mass is 340 g/mol. The Bertz CT molecular complexity index is 549. The Morgan fingerprint density at radius 2 is 2.04 bits per heavy atom. The number of hydrogen-bond donors (Lipinski definition) is 1. The Morgan fingerprint density at radius 3 is 2.70 bits per heavy atom. The van der Waals surface area contributed by atoms with E-state index in [2.05, 4.69) is 15.1 Å². The largest absolute Gasteiger partial charge is 0.314 e. The zero-order valence-electron chi connectivity index (χ0n) is 13.5. The minimum absolute atomic E-state index is 0. The number of nitro benzene ring substituents is 1. The summed E-state index contributed by atoms with van der Waals surface area (Å²) in [7, 11) is 0. The number of nitrogens with zero attached hydrogens (tertiary/aromatic N) is 3. The number of likely N-dealkylation sites (tertiary alicyclic amines) is 1. The van der Waals surface area contributed by atoms with Gasteiger partial charge in [-0.1, -0.05) is 6.07 Å². The molecule has 0 saturated carbocycles. The highest BCUT2D eigenvalue weighted by atomic mass is 35.5. The third kappa shape index (κ3) is 4.41. The average Bonchev–Trinajstić information content (AvgIpc) is 2.98. The summed E-state index contributed by atoms with van der Waals surface area (Å²) in [5.41, 5.74) is 2.40. The number of nitrogens with one attached hydrogen (secondary N) is 1. The molecule has 2 fully saturated rings. The van der Waals surface area contributed by atoms with Gasteiger partial charge in [-0.05, 0) is 24.5 Å². The van der Waals surface area contributed by atoms with Gasteiger partial charge >= 0.3 is 0 Å². The zero-order valence-corrected chi connectivity index (χ0v) is 14.3. The van der Waals surface area contributed by atoms with Gasteiger partial charge in [0.2, 0.25) is 0 Å². The third-order valence-electron chi connectivity index (χ3n) is 4.85. The van der Waals surface area contributed by atoms with E-state index in [1.54, 1.807) is 12.1 Å². The molecule has 23 heavy (non-hydrogen) atoms. The van der Waals surface area contributed by atoms with E-state index >= 15 is 0 Å². The van der Waals surface area contributed by atoms with Crippen molar-refractivity contribution >= 4 is 18.1 Å². The van der Waals surface area contributed by atoms with E-state index in [4.69, 9.17) is 0 Å². The van der Waals surface area contributed by atoms with Gasteiger partial charge in [-0.2, -0.15) is 0 Å². The lowest BCUT2D eigenvalue weighted by Gasteiger charge is -2.32. The van der Waals surface area contributed by atoms with Gasteiger partial charge in [-0.25, -0.2) is 0 Å². The average molecular weight is 341 g/mol. The van der Waals surface area contributed by atoms with Crippen LogP contribution in [0.1, 0.15) is 17.5 Å². The van der Waals surface area contributed by atoms with Crippen molar-refractivity contribution in [1.82, 2.24) is 15.1 Å². The molecule has 2 saturated heterocycles. The molecular weight excluding hydrogens is 316 g/mol. The maximum Gasteiger partial charge on any atom is 0.269 e. The smallest absolute Gasteiger partial charge is 0.269 e. The molecule has 2 aliphatic rings. The molecule has 1 aromatic carbocycles. The van der Waals surface area contributed by atoms with Crippen LogP contribution in [0.4, 0.5) is 5.69 Å². The number of aryl methyl sites for hydroxylation is 1. The molecular formula is C16H25ClN4O2. The van der Waals surface area contributed by atoms with Crippen LogP contribution in [0.3, 0.4) is 0 Å². The van der Waals surface area contributed by atoms with Crippen LogP contribution in [0.2, 0.25) is 0 Å². The normalized spacial score (nSPS) is 22.7. The maximum absolute atomic E-state index is 10.8. The summed E-state index contributed by atoms with van der Waals surface area (Å²) in [4.78, 5) is 15.6. The maximum atomic E-state index is 10.8. The summed E-state index contributed by atoms with van der Waals surface area (Å²) in [5, 5.41) is 14.2. The van der Waals surface area contributed by atoms with Gasteiger partial charge in [0.05, 0.1) is 4.92 Å². The Labute approximate surface area is 143 Å². The van der Waals surface area contributed by atoms with Gasteiger partial charge < -0.3 is 5.32 Å². The fourth-order valence-electron chi connectivity index (χ4n) is 3.51. The molecule has 1 unspecified atom stereocenters. The lowest BCUT2D eigenvalue weighted by molar-refractivity contribution is -0.384. The molecule has 0 amide bonds. The molecule has 3 rings (SSSR count). The second-order valence-corrected chi connectivity index (χ2v) is 6.33. The Hall–Kier alpha value is -1.21. The molecule has 2 heterocycles. The van der Waals surface area contributed by atoms with Gasteiger partial charge in [0.1, 0.15) is 0 Å². The fourth-order valence-corrected chi connectivity index (χ4v) is 3.51. The lowest BCUT2D eigenvalue weighted by Crippen LogP contribution is -2.49. The molecule has 0 spiro atoms. The van der Waals surface area contributed by atoms with Gasteiger partial charge in [-0.3, -0.25) is 19.9 Å². The Balaban J connectivity index is 0.00000192. The summed E-state index contributed by atoms with van der Waals surface area (Å²) < 4.78 is 0. The van der Waals surface area contributed by atoms with Crippen LogP contribution in [-0.2, 0) is 6.54 Å². The van der Waals surface area contributed by atoms with E-state index in [9.17, 15) is 10.1 Å². The minimum atomic E-state index is -0.326. The summed E-state index contributed by atoms with van der Waals surface area (Å²) in [6.07, 6.45) is 1.23. The number of nitro groups is 1. The highest BCUT2D eigenvalue weighted by molar-refractivity contribution is 5.85. The predicted octanol–water partition coefficient (Wildman–Crippen LogP) is 1.80. The van der Waals surface area contributed by atoms with Gasteiger partial charge in [0, 0.05) is 64.0 Å². The molecule has 1 aromatic rings. The molecule has 0 aliphatic carbocycles. The van der Waals surface area contributed by atoms with Crippen molar-refractivity contribution in [3.63, 3.8) is 0 Å². The second-order valence-electron chi connectivity index (χ2n) is 6.33. The molecule has 1 atom stereocenters. The number of non-ortho nitro benzene ring substituents is 1. The molecule has 0 aromatic heterocycles. The van der Waals surface area contributed by atoms with E-state index in [0.29, 0.717) is 6.04 Å². The van der Waals surface area contributed by atoms with Crippen molar-refractivity contribution < 1.29 is 4.92 Å². The zero-order chi connectivity index (χ0) is 15.5. The van der Waals surface area contributed by atoms with Gasteiger partial charge in [0.15, 0.2) is 0 Å². The van der Waals surface area contributed by atoms with Crippen molar-refractivity contribution in [3.8, 4) is 0 Å². The van der Waals surface area contributed by atoms with Crippen LogP contribution >= 0.6 is 12.4 Å². The Morgan fingerprint density at radius 1 is 1.30 bits per heavy atom. The van der Waals surface area contributed by atoms with E-state index in [1.807, 2.05) is 13.0 Å². The molecule has 0 bridgehead atoms. The van der Waals surface area contributed by atoms with E-state index in [-0.39, 0.29) is 23.0 Å². The lowest BCUT2D eigenvalue weighted by atomic mass is 10.1. The molecule has 7 heteroatoms. The van der Waals surface area contributed by atoms with Crippen LogP contribution in [0.15, 0.2) is 18.2 Å². The summed E-state index contributed by atoms with van der Waals surface area (Å²) in [5.74, 6) is 0. The Kier molecular flexibility index (Phi) is 6.35. The van der Waals surface area contributed by atoms with Crippen molar-refractivity contribution in [1.29, 1.82) is 0 Å². The second kappa shape index (κ2) is 8.06. The third-order valence-corrected chi connectivity index (χ3v) is 4.85. The number of piperazine rings is 1. The number of rotatable bonds is 4. The number of benzene rings is 1. The van der Waals surface area contributed by atoms with E-state index in [0.717, 1.165) is 51.4 Å². The van der Waals surface area contributed by atoms with E-state index in [1.165, 1.54) is 12.0 Å². The van der Waals surface area contributed by atoms with Crippen molar-refractivity contribution in [3.05, 3.63) is 39.4 Å². The predicted molar refractivity (Wildman–Crippen MR) is 93.2 cm³/mol. The highest BCUT2D eigenvalue weighted by Gasteiger charge is 2.28. The molecule has 2 aliphatic heterocycles. The van der Waals surface area contributed by atoms with Crippen LogP contribution in [0.5, 0.6) is 0 Å². The number of hydrogen-bond acceptors (Lipinski definition) is 5. The first-order valence-corrected chi connectivity index (χ1v) is 8.04. The van der Waals surface area contributed by atoms with Crippen molar-refractivity contribution in [2.75, 3.05) is 39.3 Å². The first-order valence-electron chi connectivity index (χ1n) is 8.04. The van der Waals surface area contributed by atoms with Crippen LogP contribution in [0.25, 0.3) is 0 Å². The molecule has 0 radical (unpaired) electrons. The standard InChI is InChI=1S/C16H24N4O2.ClH/c1-13-10-15(20(21)22)3-2-14(13)11-18-7-4-16(12-18)19-8-5-17-6-9-19;/h2-3,10,16-17H,4-9,11-12H2,1H3;1H.